The van der Waals surface area contributed by atoms with E-state index in [1.165, 1.54) is 17.0 Å². The van der Waals surface area contributed by atoms with E-state index in [9.17, 15) is 9.59 Å². The number of para-hydroxylation sites is 1. The first-order valence-corrected chi connectivity index (χ1v) is 7.91. The van der Waals surface area contributed by atoms with Gasteiger partial charge in [0.05, 0.1) is 11.6 Å². The fourth-order valence-corrected chi connectivity index (χ4v) is 2.67. The van der Waals surface area contributed by atoms with Gasteiger partial charge in [-0.2, -0.15) is 0 Å². The second-order valence-electron chi connectivity index (χ2n) is 5.53. The largest absolute Gasteiger partial charge is 0.487 e. The number of amides is 2. The maximum absolute atomic E-state index is 12.3. The Morgan fingerprint density at radius 1 is 1.42 bits per heavy atom. The standard InChI is InChI=1S/C16H17ClN4O3/c1-20-9-7-18-14(15(20)22)19-16(23)21-8-6-11(10-21)24-13-5-3-2-4-12(13)17/h2-5,7,9,11H,6,8,10H2,1H3,(H,18,19,23)/t11-/m1/s1. The van der Waals surface area contributed by atoms with Crippen molar-refractivity contribution in [1.82, 2.24) is 14.5 Å². The number of nitrogens with zero attached hydrogens (tertiary/aromatic N) is 3. The van der Waals surface area contributed by atoms with Crippen LogP contribution in [0.2, 0.25) is 5.02 Å². The fourth-order valence-electron chi connectivity index (χ4n) is 2.49. The number of likely N-dealkylation sites (tertiary alicyclic amines) is 1. The average molecular weight is 349 g/mol. The molecule has 1 aliphatic heterocycles. The molecule has 1 N–H and O–H groups in total. The zero-order chi connectivity index (χ0) is 17.1. The van der Waals surface area contributed by atoms with Crippen LogP contribution < -0.4 is 15.6 Å². The number of benzene rings is 1. The third kappa shape index (κ3) is 3.51. The second-order valence-corrected chi connectivity index (χ2v) is 5.93. The Hall–Kier alpha value is -2.54. The summed E-state index contributed by atoms with van der Waals surface area (Å²) >= 11 is 6.08. The summed E-state index contributed by atoms with van der Waals surface area (Å²) in [6.07, 6.45) is 3.55. The van der Waals surface area contributed by atoms with Crippen molar-refractivity contribution in [3.8, 4) is 5.75 Å². The van der Waals surface area contributed by atoms with Gasteiger partial charge in [-0.3, -0.25) is 10.1 Å². The van der Waals surface area contributed by atoms with Crippen LogP contribution in [0.25, 0.3) is 0 Å². The van der Waals surface area contributed by atoms with E-state index in [1.807, 2.05) is 12.1 Å². The van der Waals surface area contributed by atoms with Gasteiger partial charge in [0.2, 0.25) is 5.82 Å². The lowest BCUT2D eigenvalue weighted by Crippen LogP contribution is -2.37. The molecule has 0 spiro atoms. The molecule has 8 heteroatoms. The van der Waals surface area contributed by atoms with Crippen molar-refractivity contribution in [2.45, 2.75) is 12.5 Å². The van der Waals surface area contributed by atoms with E-state index in [4.69, 9.17) is 16.3 Å². The lowest BCUT2D eigenvalue weighted by Gasteiger charge is -2.18. The van der Waals surface area contributed by atoms with Gasteiger partial charge in [0.1, 0.15) is 11.9 Å². The Bertz CT molecular complexity index is 808. The fraction of sp³-hybridized carbons (Fsp3) is 0.312. The van der Waals surface area contributed by atoms with Crippen LogP contribution in [0.5, 0.6) is 5.75 Å². The van der Waals surface area contributed by atoms with Gasteiger partial charge in [-0.05, 0) is 12.1 Å². The molecule has 24 heavy (non-hydrogen) atoms. The maximum Gasteiger partial charge on any atom is 0.323 e. The van der Waals surface area contributed by atoms with Gasteiger partial charge in [-0.1, -0.05) is 23.7 Å². The van der Waals surface area contributed by atoms with Crippen LogP contribution in [0.15, 0.2) is 41.5 Å². The summed E-state index contributed by atoms with van der Waals surface area (Å²) in [7, 11) is 1.60. The van der Waals surface area contributed by atoms with E-state index in [2.05, 4.69) is 10.3 Å². The van der Waals surface area contributed by atoms with Crippen molar-refractivity contribution >= 4 is 23.4 Å². The molecule has 3 rings (SSSR count). The summed E-state index contributed by atoms with van der Waals surface area (Å²) in [6, 6.07) is 6.86. The number of hydrogen-bond donors (Lipinski definition) is 1. The number of hydrogen-bond acceptors (Lipinski definition) is 4. The smallest absolute Gasteiger partial charge is 0.323 e. The van der Waals surface area contributed by atoms with Crippen molar-refractivity contribution < 1.29 is 9.53 Å². The normalized spacial score (nSPS) is 16.9. The molecule has 2 heterocycles. The van der Waals surface area contributed by atoms with Crippen LogP contribution in [-0.2, 0) is 7.05 Å². The van der Waals surface area contributed by atoms with Gasteiger partial charge >= 0.3 is 6.03 Å². The predicted molar refractivity (Wildman–Crippen MR) is 90.6 cm³/mol. The predicted octanol–water partition coefficient (Wildman–Crippen LogP) is 2.12. The Morgan fingerprint density at radius 3 is 3.00 bits per heavy atom. The summed E-state index contributed by atoms with van der Waals surface area (Å²) < 4.78 is 7.20. The first-order valence-electron chi connectivity index (χ1n) is 7.53. The van der Waals surface area contributed by atoms with Crippen LogP contribution in [-0.4, -0.2) is 39.7 Å². The van der Waals surface area contributed by atoms with Crippen LogP contribution >= 0.6 is 11.6 Å². The molecule has 0 unspecified atom stereocenters. The molecule has 1 aromatic heterocycles. The molecule has 1 aliphatic rings. The molecular formula is C16H17ClN4O3. The number of urea groups is 1. The van der Waals surface area contributed by atoms with Crippen molar-refractivity contribution in [2.24, 2.45) is 7.05 Å². The first-order chi connectivity index (χ1) is 11.5. The zero-order valence-electron chi connectivity index (χ0n) is 13.1. The van der Waals surface area contributed by atoms with Crippen molar-refractivity contribution in [1.29, 1.82) is 0 Å². The first kappa shape index (κ1) is 16.3. The maximum atomic E-state index is 12.3. The summed E-state index contributed by atoms with van der Waals surface area (Å²) in [5.41, 5.74) is -0.353. The molecule has 2 amide bonds. The van der Waals surface area contributed by atoms with Gasteiger partial charge in [0.15, 0.2) is 0 Å². The lowest BCUT2D eigenvalue weighted by molar-refractivity contribution is 0.195. The van der Waals surface area contributed by atoms with Crippen molar-refractivity contribution in [2.75, 3.05) is 18.4 Å². The number of halogens is 1. The number of ether oxygens (including phenoxy) is 1. The minimum absolute atomic E-state index is 0.0143. The van der Waals surface area contributed by atoms with E-state index in [0.29, 0.717) is 30.3 Å². The summed E-state index contributed by atoms with van der Waals surface area (Å²) in [5.74, 6) is 0.616. The highest BCUT2D eigenvalue weighted by Gasteiger charge is 2.28. The summed E-state index contributed by atoms with van der Waals surface area (Å²) in [6.45, 7) is 0.957. The Morgan fingerprint density at radius 2 is 2.21 bits per heavy atom. The van der Waals surface area contributed by atoms with Crippen LogP contribution in [0.3, 0.4) is 0 Å². The van der Waals surface area contributed by atoms with Gasteiger partial charge in [0, 0.05) is 32.4 Å². The molecule has 0 bridgehead atoms. The number of nitrogens with one attached hydrogen (secondary N) is 1. The summed E-state index contributed by atoms with van der Waals surface area (Å²) in [4.78, 5) is 29.7. The molecule has 0 radical (unpaired) electrons. The molecule has 0 saturated carbocycles. The number of anilines is 1. The van der Waals surface area contributed by atoms with Crippen molar-refractivity contribution in [3.05, 3.63) is 52.0 Å². The zero-order valence-corrected chi connectivity index (χ0v) is 13.9. The summed E-state index contributed by atoms with van der Waals surface area (Å²) in [5, 5.41) is 3.09. The lowest BCUT2D eigenvalue weighted by atomic mass is 10.3. The van der Waals surface area contributed by atoms with Gasteiger partial charge in [-0.25, -0.2) is 9.78 Å². The third-order valence-electron chi connectivity index (χ3n) is 3.80. The van der Waals surface area contributed by atoms with Crippen LogP contribution in [0.4, 0.5) is 10.6 Å². The Labute approximate surface area is 143 Å². The Kier molecular flexibility index (Phi) is 4.71. The number of carbonyl (C=O) groups excluding carboxylic acids is 1. The SMILES string of the molecule is Cn1ccnc(NC(=O)N2CC[C@@H](Oc3ccccc3Cl)C2)c1=O. The highest BCUT2D eigenvalue weighted by molar-refractivity contribution is 6.32. The molecule has 1 fully saturated rings. The topological polar surface area (TPSA) is 76.5 Å². The highest BCUT2D eigenvalue weighted by Crippen LogP contribution is 2.26. The van der Waals surface area contributed by atoms with E-state index >= 15 is 0 Å². The number of aryl methyl sites for hydroxylation is 1. The monoisotopic (exact) mass is 348 g/mol. The van der Waals surface area contributed by atoms with Gasteiger partial charge in [-0.15, -0.1) is 0 Å². The molecule has 7 nitrogen and oxygen atoms in total. The van der Waals surface area contributed by atoms with Crippen LogP contribution in [0.1, 0.15) is 6.42 Å². The van der Waals surface area contributed by atoms with Gasteiger partial charge < -0.3 is 14.2 Å². The minimum atomic E-state index is -0.365. The van der Waals surface area contributed by atoms with E-state index < -0.39 is 0 Å². The van der Waals surface area contributed by atoms with E-state index in [0.717, 1.165) is 0 Å². The molecule has 1 aromatic carbocycles. The quantitative estimate of drug-likeness (QED) is 0.921. The highest BCUT2D eigenvalue weighted by atomic mass is 35.5. The molecule has 0 aliphatic carbocycles. The number of carbonyl (C=O) groups is 1. The molecular weight excluding hydrogens is 332 g/mol. The van der Waals surface area contributed by atoms with Crippen LogP contribution in [0, 0.1) is 0 Å². The molecule has 1 saturated heterocycles. The molecule has 2 aromatic rings. The number of aromatic nitrogens is 2. The van der Waals surface area contributed by atoms with Crippen molar-refractivity contribution in [3.63, 3.8) is 0 Å². The molecule has 126 valence electrons. The second kappa shape index (κ2) is 6.92. The van der Waals surface area contributed by atoms with Gasteiger partial charge in [0.25, 0.3) is 5.56 Å². The third-order valence-corrected chi connectivity index (χ3v) is 4.12. The Balaban J connectivity index is 1.61. The number of rotatable bonds is 3. The minimum Gasteiger partial charge on any atom is -0.487 e. The average Bonchev–Trinajstić information content (AvgIpc) is 3.03. The van der Waals surface area contributed by atoms with E-state index in [1.54, 1.807) is 24.1 Å². The van der Waals surface area contributed by atoms with E-state index in [-0.39, 0.29) is 23.5 Å². The molecule has 1 atom stereocenters.